The Hall–Kier alpha value is -2.00. The van der Waals surface area contributed by atoms with Crippen LogP contribution in [0.3, 0.4) is 0 Å². The van der Waals surface area contributed by atoms with E-state index >= 15 is 0 Å². The third-order valence-electron chi connectivity index (χ3n) is 3.18. The van der Waals surface area contributed by atoms with Crippen molar-refractivity contribution in [3.05, 3.63) is 57.8 Å². The summed E-state index contributed by atoms with van der Waals surface area (Å²) in [6.07, 6.45) is -4.47. The molecule has 4 nitrogen and oxygen atoms in total. The Balaban J connectivity index is 1.64. The highest BCUT2D eigenvalue weighted by atomic mass is 32.2. The molecule has 0 spiro atoms. The number of benzene rings is 1. The number of amides is 1. The lowest BCUT2D eigenvalue weighted by Crippen LogP contribution is -2.30. The molecule has 2 aromatic rings. The monoisotopic (exact) mass is 403 g/mol. The highest BCUT2D eigenvalue weighted by Gasteiger charge is 2.30. The van der Waals surface area contributed by atoms with Crippen molar-refractivity contribution in [1.82, 2.24) is 5.32 Å². The largest absolute Gasteiger partial charge is 0.452 e. The Morgan fingerprint density at radius 2 is 1.88 bits per heavy atom. The standard InChI is InChI=1S/C17H16F3NO3S2/c18-17(19,20)13-5-3-12(4-6-13)16(23)24-10-15(22)21-7-9-25-11-14-2-1-8-26-14/h1-6,8H,7,9-11H2,(H,21,22). The molecule has 0 atom stereocenters. The van der Waals surface area contributed by atoms with Crippen LogP contribution in [0, 0.1) is 0 Å². The second-order valence-electron chi connectivity index (χ2n) is 5.13. The van der Waals surface area contributed by atoms with Crippen LogP contribution < -0.4 is 5.32 Å². The van der Waals surface area contributed by atoms with Crippen molar-refractivity contribution >= 4 is 35.0 Å². The molecule has 1 aromatic carbocycles. The summed E-state index contributed by atoms with van der Waals surface area (Å²) in [7, 11) is 0. The van der Waals surface area contributed by atoms with Crippen LogP contribution in [-0.2, 0) is 21.5 Å². The molecule has 1 heterocycles. The summed E-state index contributed by atoms with van der Waals surface area (Å²) in [4.78, 5) is 24.6. The molecule has 1 amide bonds. The summed E-state index contributed by atoms with van der Waals surface area (Å²) in [6, 6.07) is 7.64. The van der Waals surface area contributed by atoms with Crippen LogP contribution >= 0.6 is 23.1 Å². The second kappa shape index (κ2) is 9.63. The Kier molecular flexibility index (Phi) is 7.52. The van der Waals surface area contributed by atoms with E-state index in [1.165, 1.54) is 4.88 Å². The molecule has 1 N–H and O–H groups in total. The van der Waals surface area contributed by atoms with E-state index in [2.05, 4.69) is 5.32 Å². The average Bonchev–Trinajstić information content (AvgIpc) is 3.12. The van der Waals surface area contributed by atoms with Crippen LogP contribution in [0.4, 0.5) is 13.2 Å². The van der Waals surface area contributed by atoms with E-state index in [-0.39, 0.29) is 5.56 Å². The van der Waals surface area contributed by atoms with Crippen LogP contribution in [0.15, 0.2) is 41.8 Å². The SMILES string of the molecule is O=C(COC(=O)c1ccc(C(F)(F)F)cc1)NCCSCc1cccs1. The summed E-state index contributed by atoms with van der Waals surface area (Å²) >= 11 is 3.34. The van der Waals surface area contributed by atoms with E-state index in [0.717, 1.165) is 35.8 Å². The number of carbonyl (C=O) groups is 2. The number of esters is 1. The third-order valence-corrected chi connectivity index (χ3v) is 5.24. The summed E-state index contributed by atoms with van der Waals surface area (Å²) in [5.41, 5.74) is -0.899. The fourth-order valence-electron chi connectivity index (χ4n) is 1.89. The Labute approximate surface area is 156 Å². The molecule has 0 aliphatic heterocycles. The highest BCUT2D eigenvalue weighted by molar-refractivity contribution is 7.98. The van der Waals surface area contributed by atoms with Crippen LogP contribution in [0.25, 0.3) is 0 Å². The van der Waals surface area contributed by atoms with Gasteiger partial charge in [-0.15, -0.1) is 11.3 Å². The molecule has 0 saturated carbocycles. The van der Waals surface area contributed by atoms with Crippen molar-refractivity contribution in [2.45, 2.75) is 11.9 Å². The minimum Gasteiger partial charge on any atom is -0.452 e. The topological polar surface area (TPSA) is 55.4 Å². The van der Waals surface area contributed by atoms with Gasteiger partial charge in [0, 0.05) is 22.9 Å². The van der Waals surface area contributed by atoms with E-state index in [1.54, 1.807) is 23.1 Å². The maximum atomic E-state index is 12.5. The molecule has 9 heteroatoms. The molecular weight excluding hydrogens is 387 g/mol. The quantitative estimate of drug-likeness (QED) is 0.535. The molecule has 140 valence electrons. The average molecular weight is 403 g/mol. The van der Waals surface area contributed by atoms with Gasteiger partial charge in [0.15, 0.2) is 6.61 Å². The van der Waals surface area contributed by atoms with Crippen LogP contribution in [-0.4, -0.2) is 30.8 Å². The molecule has 0 fully saturated rings. The normalized spacial score (nSPS) is 11.2. The Morgan fingerprint density at radius 1 is 1.15 bits per heavy atom. The molecule has 0 aliphatic carbocycles. The molecular formula is C17H16F3NO3S2. The van der Waals surface area contributed by atoms with Gasteiger partial charge in [-0.3, -0.25) is 4.79 Å². The summed E-state index contributed by atoms with van der Waals surface area (Å²) in [5, 5.41) is 4.62. The second-order valence-corrected chi connectivity index (χ2v) is 7.27. The van der Waals surface area contributed by atoms with E-state index in [1.807, 2.05) is 17.5 Å². The smallest absolute Gasteiger partial charge is 0.416 e. The number of halogens is 3. The maximum absolute atomic E-state index is 12.5. The number of alkyl halides is 3. The first-order valence-corrected chi connectivity index (χ1v) is 9.61. The minimum atomic E-state index is -4.47. The fraction of sp³-hybridized carbons (Fsp3) is 0.294. The van der Waals surface area contributed by atoms with Gasteiger partial charge in [-0.1, -0.05) is 6.07 Å². The number of rotatable bonds is 8. The molecule has 1 aromatic heterocycles. The highest BCUT2D eigenvalue weighted by Crippen LogP contribution is 2.29. The lowest BCUT2D eigenvalue weighted by molar-refractivity contribution is -0.137. The van der Waals surface area contributed by atoms with Crippen molar-refractivity contribution in [3.8, 4) is 0 Å². The van der Waals surface area contributed by atoms with E-state index in [0.29, 0.717) is 6.54 Å². The van der Waals surface area contributed by atoms with Gasteiger partial charge in [-0.2, -0.15) is 24.9 Å². The number of hydrogen-bond donors (Lipinski definition) is 1. The molecule has 0 radical (unpaired) electrons. The molecule has 0 saturated heterocycles. The molecule has 26 heavy (non-hydrogen) atoms. The minimum absolute atomic E-state index is 0.0442. The zero-order valence-corrected chi connectivity index (χ0v) is 15.2. The molecule has 0 bridgehead atoms. The zero-order valence-electron chi connectivity index (χ0n) is 13.5. The molecule has 0 aliphatic rings. The molecule has 2 rings (SSSR count). The van der Waals surface area contributed by atoms with E-state index < -0.39 is 30.2 Å². The van der Waals surface area contributed by atoms with Crippen molar-refractivity contribution in [1.29, 1.82) is 0 Å². The number of hydrogen-bond acceptors (Lipinski definition) is 5. The van der Waals surface area contributed by atoms with Crippen molar-refractivity contribution < 1.29 is 27.5 Å². The summed E-state index contributed by atoms with van der Waals surface area (Å²) in [6.45, 7) is -0.0395. The van der Waals surface area contributed by atoms with Gasteiger partial charge in [-0.05, 0) is 35.7 Å². The van der Waals surface area contributed by atoms with Gasteiger partial charge >= 0.3 is 12.1 Å². The Bertz CT molecular complexity index is 716. The first-order valence-electron chi connectivity index (χ1n) is 7.57. The summed E-state index contributed by atoms with van der Waals surface area (Å²) < 4.78 is 42.2. The van der Waals surface area contributed by atoms with Gasteiger partial charge in [0.05, 0.1) is 11.1 Å². The fourth-order valence-corrected chi connectivity index (χ4v) is 3.59. The summed E-state index contributed by atoms with van der Waals surface area (Å²) in [5.74, 6) is 0.287. The first-order chi connectivity index (χ1) is 12.4. The van der Waals surface area contributed by atoms with Crippen LogP contribution in [0.2, 0.25) is 0 Å². The number of thiophene rings is 1. The first kappa shape index (κ1) is 20.3. The van der Waals surface area contributed by atoms with E-state index in [9.17, 15) is 22.8 Å². The van der Waals surface area contributed by atoms with Crippen LogP contribution in [0.5, 0.6) is 0 Å². The molecule has 0 unspecified atom stereocenters. The number of carbonyl (C=O) groups excluding carboxylic acids is 2. The lowest BCUT2D eigenvalue weighted by Gasteiger charge is -2.08. The van der Waals surface area contributed by atoms with Gasteiger partial charge in [0.2, 0.25) is 0 Å². The predicted molar refractivity (Wildman–Crippen MR) is 95.2 cm³/mol. The number of nitrogens with one attached hydrogen (secondary N) is 1. The van der Waals surface area contributed by atoms with Gasteiger partial charge in [0.25, 0.3) is 5.91 Å². The predicted octanol–water partition coefficient (Wildman–Crippen LogP) is 3.97. The maximum Gasteiger partial charge on any atom is 0.416 e. The zero-order chi connectivity index (χ0) is 19.0. The lowest BCUT2D eigenvalue weighted by atomic mass is 10.1. The van der Waals surface area contributed by atoms with Crippen LogP contribution in [0.1, 0.15) is 20.8 Å². The van der Waals surface area contributed by atoms with Gasteiger partial charge in [0.1, 0.15) is 0 Å². The van der Waals surface area contributed by atoms with Gasteiger partial charge in [-0.25, -0.2) is 4.79 Å². The third kappa shape index (κ3) is 6.72. The van der Waals surface area contributed by atoms with Crippen molar-refractivity contribution in [2.24, 2.45) is 0 Å². The Morgan fingerprint density at radius 3 is 2.50 bits per heavy atom. The van der Waals surface area contributed by atoms with Crippen molar-refractivity contribution in [2.75, 3.05) is 18.9 Å². The van der Waals surface area contributed by atoms with Gasteiger partial charge < -0.3 is 10.1 Å². The van der Waals surface area contributed by atoms with Crippen molar-refractivity contribution in [3.63, 3.8) is 0 Å². The number of thioether (sulfide) groups is 1. The number of ether oxygens (including phenoxy) is 1. The van der Waals surface area contributed by atoms with E-state index in [4.69, 9.17) is 4.74 Å².